The number of nitrogens with zero attached hydrogens (tertiary/aromatic N) is 4. The van der Waals surface area contributed by atoms with Crippen molar-refractivity contribution in [1.82, 2.24) is 19.5 Å². The fourth-order valence-corrected chi connectivity index (χ4v) is 4.05. The molecule has 3 aromatic rings. The van der Waals surface area contributed by atoms with E-state index in [0.717, 1.165) is 11.5 Å². The highest BCUT2D eigenvalue weighted by molar-refractivity contribution is 7.33. The standard InChI is InChI=1S/C19H21F2N5O6P/c1-3-29-14-12-13(24-17(22)25-14)26(10-23-12)16-18(2,27)15(20)19(21,31-16)9-30-33(28)32-11-7-5-4-6-8-11/h4-8,10,15-16,27H,3,9H2,1-2H3,(H2,22,24,25)/q+1/t15?,16-,18-,19-/m1/s1. The van der Waals surface area contributed by atoms with Crippen molar-refractivity contribution in [2.24, 2.45) is 0 Å². The van der Waals surface area contributed by atoms with Crippen LogP contribution in [-0.4, -0.2) is 55.5 Å². The molecule has 1 fully saturated rings. The van der Waals surface area contributed by atoms with Crippen LogP contribution in [0, 0.1) is 0 Å². The Balaban J connectivity index is 1.57. The van der Waals surface area contributed by atoms with Gasteiger partial charge in [-0.25, -0.2) is 18.3 Å². The minimum absolute atomic E-state index is 0.0343. The zero-order chi connectivity index (χ0) is 23.8. The van der Waals surface area contributed by atoms with Crippen LogP contribution in [0.15, 0.2) is 36.7 Å². The largest absolute Gasteiger partial charge is 0.750 e. The van der Waals surface area contributed by atoms with Crippen molar-refractivity contribution < 1.29 is 37.0 Å². The van der Waals surface area contributed by atoms with Gasteiger partial charge in [0.2, 0.25) is 11.8 Å². The maximum atomic E-state index is 15.4. The van der Waals surface area contributed by atoms with Gasteiger partial charge < -0.3 is 20.3 Å². The topological polar surface area (TPSA) is 144 Å². The summed E-state index contributed by atoms with van der Waals surface area (Å²) in [4.78, 5) is 12.1. The van der Waals surface area contributed by atoms with Gasteiger partial charge in [-0.2, -0.15) is 9.97 Å². The molecule has 0 bridgehead atoms. The number of fused-ring (bicyclic) bond motifs is 1. The molecule has 3 heterocycles. The highest BCUT2D eigenvalue weighted by Gasteiger charge is 2.65. The van der Waals surface area contributed by atoms with E-state index in [1.54, 1.807) is 25.1 Å². The predicted octanol–water partition coefficient (Wildman–Crippen LogP) is 2.84. The van der Waals surface area contributed by atoms with Gasteiger partial charge in [0.15, 0.2) is 35.9 Å². The number of hydrogen-bond donors (Lipinski definition) is 2. The van der Waals surface area contributed by atoms with E-state index in [0.29, 0.717) is 0 Å². The Morgan fingerprint density at radius 3 is 2.76 bits per heavy atom. The number of para-hydroxylation sites is 1. The number of alkyl halides is 2. The molecule has 0 aliphatic carbocycles. The predicted molar refractivity (Wildman–Crippen MR) is 111 cm³/mol. The molecule has 176 valence electrons. The Kier molecular flexibility index (Phi) is 6.14. The van der Waals surface area contributed by atoms with E-state index >= 15 is 8.78 Å². The molecular weight excluding hydrogens is 463 g/mol. The number of hydrogen-bond acceptors (Lipinski definition) is 10. The Morgan fingerprint density at radius 2 is 2.06 bits per heavy atom. The van der Waals surface area contributed by atoms with Gasteiger partial charge in [0.05, 0.1) is 12.9 Å². The number of nitrogens with two attached hydrogens (primary N) is 1. The summed E-state index contributed by atoms with van der Waals surface area (Å²) in [7, 11) is -2.85. The number of ether oxygens (including phenoxy) is 2. The van der Waals surface area contributed by atoms with Gasteiger partial charge in [-0.15, -0.1) is 4.52 Å². The Labute approximate surface area is 187 Å². The van der Waals surface area contributed by atoms with E-state index in [4.69, 9.17) is 24.3 Å². The first-order valence-corrected chi connectivity index (χ1v) is 10.9. The number of anilines is 1. The lowest BCUT2D eigenvalue weighted by atomic mass is 9.97. The minimum Gasteiger partial charge on any atom is -0.476 e. The smallest absolute Gasteiger partial charge is 0.476 e. The fourth-order valence-electron chi connectivity index (χ4n) is 3.42. The second kappa shape index (κ2) is 8.75. The summed E-state index contributed by atoms with van der Waals surface area (Å²) < 4.78 is 64.2. The fraction of sp³-hybridized carbons (Fsp3) is 0.421. The van der Waals surface area contributed by atoms with Crippen molar-refractivity contribution in [3.63, 3.8) is 0 Å². The molecule has 14 heteroatoms. The minimum atomic E-state index is -3.16. The van der Waals surface area contributed by atoms with Crippen molar-refractivity contribution in [3.8, 4) is 11.6 Å². The number of aliphatic hydroxyl groups is 1. The van der Waals surface area contributed by atoms with E-state index in [-0.39, 0.29) is 35.3 Å². The van der Waals surface area contributed by atoms with Gasteiger partial charge in [-0.05, 0) is 26.0 Å². The molecule has 0 spiro atoms. The van der Waals surface area contributed by atoms with Crippen molar-refractivity contribution in [2.45, 2.75) is 37.7 Å². The first kappa shape index (κ1) is 23.2. The summed E-state index contributed by atoms with van der Waals surface area (Å²) in [5.74, 6) is -3.05. The van der Waals surface area contributed by atoms with Gasteiger partial charge in [0.25, 0.3) is 5.85 Å². The highest BCUT2D eigenvalue weighted by Crippen LogP contribution is 2.49. The zero-order valence-electron chi connectivity index (χ0n) is 17.6. The molecule has 2 aromatic heterocycles. The molecule has 1 saturated heterocycles. The van der Waals surface area contributed by atoms with Gasteiger partial charge in [-0.1, -0.05) is 18.2 Å². The Bertz CT molecular complexity index is 1170. The van der Waals surface area contributed by atoms with Crippen LogP contribution < -0.4 is 15.0 Å². The highest BCUT2D eigenvalue weighted by atomic mass is 31.1. The summed E-state index contributed by atoms with van der Waals surface area (Å²) in [5.41, 5.74) is 3.52. The summed E-state index contributed by atoms with van der Waals surface area (Å²) in [5, 5.41) is 10.8. The Hall–Kier alpha value is -2.99. The molecule has 11 nitrogen and oxygen atoms in total. The van der Waals surface area contributed by atoms with Gasteiger partial charge in [0, 0.05) is 4.57 Å². The van der Waals surface area contributed by atoms with Crippen molar-refractivity contribution in [3.05, 3.63) is 36.7 Å². The first-order chi connectivity index (χ1) is 15.7. The lowest BCUT2D eigenvalue weighted by Gasteiger charge is -2.25. The number of halogens is 2. The maximum absolute atomic E-state index is 15.4. The monoisotopic (exact) mass is 484 g/mol. The van der Waals surface area contributed by atoms with Crippen LogP contribution >= 0.6 is 8.25 Å². The SMILES string of the molecule is CCOc1nc(N)nc2c1ncn2[C@@H]1O[C@](F)(CO[P+](=O)Oc2ccccc2)C(F)[C@@]1(C)O. The Morgan fingerprint density at radius 1 is 1.33 bits per heavy atom. The molecule has 1 aliphatic heterocycles. The van der Waals surface area contributed by atoms with E-state index in [1.807, 2.05) is 0 Å². The molecule has 1 aromatic carbocycles. The average Bonchev–Trinajstić information content (AvgIpc) is 3.26. The second-order valence-corrected chi connectivity index (χ2v) is 8.28. The molecule has 33 heavy (non-hydrogen) atoms. The van der Waals surface area contributed by atoms with Crippen molar-refractivity contribution in [2.75, 3.05) is 18.9 Å². The third kappa shape index (κ3) is 4.32. The van der Waals surface area contributed by atoms with Crippen molar-refractivity contribution in [1.29, 1.82) is 0 Å². The third-order valence-corrected chi connectivity index (χ3v) is 5.63. The van der Waals surface area contributed by atoms with Crippen LogP contribution in [-0.2, 0) is 13.8 Å². The van der Waals surface area contributed by atoms with Crippen LogP contribution in [0.2, 0.25) is 0 Å². The molecule has 4 rings (SSSR count). The maximum Gasteiger partial charge on any atom is 0.750 e. The molecule has 0 amide bonds. The number of aromatic nitrogens is 4. The normalized spacial score (nSPS) is 27.6. The molecule has 1 aliphatic rings. The lowest BCUT2D eigenvalue weighted by Crippen LogP contribution is -2.46. The van der Waals surface area contributed by atoms with E-state index < -0.39 is 38.7 Å². The number of nitrogen functional groups attached to an aromatic ring is 1. The third-order valence-electron chi connectivity index (χ3n) is 4.93. The van der Waals surface area contributed by atoms with Gasteiger partial charge >= 0.3 is 8.25 Å². The van der Waals surface area contributed by atoms with Crippen LogP contribution in [0.1, 0.15) is 20.1 Å². The van der Waals surface area contributed by atoms with Crippen molar-refractivity contribution >= 4 is 25.4 Å². The molecule has 3 N–H and O–H groups in total. The average molecular weight is 484 g/mol. The lowest BCUT2D eigenvalue weighted by molar-refractivity contribution is -0.191. The van der Waals surface area contributed by atoms with E-state index in [2.05, 4.69) is 15.0 Å². The quantitative estimate of drug-likeness (QED) is 0.458. The number of benzene rings is 1. The molecule has 0 radical (unpaired) electrons. The van der Waals surface area contributed by atoms with Crippen LogP contribution in [0.25, 0.3) is 11.2 Å². The first-order valence-electron chi connectivity index (χ1n) is 9.85. The number of imidazole rings is 1. The summed E-state index contributed by atoms with van der Waals surface area (Å²) in [6, 6.07) is 8.02. The van der Waals surface area contributed by atoms with Crippen LogP contribution in [0.4, 0.5) is 14.7 Å². The zero-order valence-corrected chi connectivity index (χ0v) is 18.5. The molecule has 0 saturated carbocycles. The molecule has 2 unspecified atom stereocenters. The van der Waals surface area contributed by atoms with Crippen LogP contribution in [0.5, 0.6) is 11.6 Å². The second-order valence-electron chi connectivity index (χ2n) is 7.39. The summed E-state index contributed by atoms with van der Waals surface area (Å²) >= 11 is 0. The number of rotatable bonds is 8. The summed E-state index contributed by atoms with van der Waals surface area (Å²) in [6.07, 6.45) is -3.04. The van der Waals surface area contributed by atoms with Gasteiger partial charge in [-0.3, -0.25) is 4.57 Å². The molecular formula is C19H21F2N5O6P+. The summed E-state index contributed by atoms with van der Waals surface area (Å²) in [6.45, 7) is 1.92. The van der Waals surface area contributed by atoms with E-state index in [9.17, 15) is 9.67 Å². The van der Waals surface area contributed by atoms with Crippen LogP contribution in [0.3, 0.4) is 0 Å². The van der Waals surface area contributed by atoms with E-state index in [1.165, 1.54) is 18.5 Å². The molecule has 5 atom stereocenters. The van der Waals surface area contributed by atoms with Gasteiger partial charge in [0.1, 0.15) is 5.60 Å².